The fourth-order valence-corrected chi connectivity index (χ4v) is 3.00. The quantitative estimate of drug-likeness (QED) is 0.838. The zero-order chi connectivity index (χ0) is 19.4. The predicted octanol–water partition coefficient (Wildman–Crippen LogP) is 3.61. The summed E-state index contributed by atoms with van der Waals surface area (Å²) < 4.78 is 25.3. The van der Waals surface area contributed by atoms with Crippen molar-refractivity contribution in [2.75, 3.05) is 6.61 Å². The van der Waals surface area contributed by atoms with E-state index < -0.39 is 17.7 Å². The van der Waals surface area contributed by atoms with Crippen LogP contribution in [-0.2, 0) is 14.3 Å². The van der Waals surface area contributed by atoms with Gasteiger partial charge in [0.15, 0.2) is 5.76 Å². The van der Waals surface area contributed by atoms with Crippen LogP contribution in [0.25, 0.3) is 5.76 Å². The molecule has 0 spiro atoms. The molecule has 1 atom stereocenters. The van der Waals surface area contributed by atoms with Gasteiger partial charge in [0, 0.05) is 11.1 Å². The van der Waals surface area contributed by atoms with Crippen molar-refractivity contribution in [1.29, 1.82) is 5.26 Å². The molecule has 0 aromatic heterocycles. The lowest BCUT2D eigenvalue weighted by Gasteiger charge is -2.28. The Balaban J connectivity index is 2.26. The molecule has 27 heavy (non-hydrogen) atoms. The molecule has 2 N–H and O–H groups in total. The topological polar surface area (TPSA) is 85.3 Å². The van der Waals surface area contributed by atoms with E-state index in [4.69, 9.17) is 15.2 Å². The number of allylic oxidation sites excluding steroid dienone is 1. The first-order valence-corrected chi connectivity index (χ1v) is 8.37. The molecule has 0 fully saturated rings. The minimum atomic E-state index is -1.03. The van der Waals surface area contributed by atoms with Crippen molar-refractivity contribution in [3.8, 4) is 6.07 Å². The molecule has 0 amide bonds. The Hall–Kier alpha value is -3.59. The van der Waals surface area contributed by atoms with Crippen molar-refractivity contribution in [2.24, 2.45) is 5.73 Å². The summed E-state index contributed by atoms with van der Waals surface area (Å²) in [5.74, 6) is -2.35. The van der Waals surface area contributed by atoms with Gasteiger partial charge in [0.05, 0.1) is 24.2 Å². The SMILES string of the molecule is CCOC(=O)C1=C(N)OC(c2ccccc2)=C(C#N)C1c1ccccc1F. The Kier molecular flexibility index (Phi) is 5.23. The van der Waals surface area contributed by atoms with E-state index in [1.165, 1.54) is 18.2 Å². The molecule has 0 saturated heterocycles. The Morgan fingerprint density at radius 1 is 1.22 bits per heavy atom. The maximum Gasteiger partial charge on any atom is 0.340 e. The first-order chi connectivity index (χ1) is 13.1. The third kappa shape index (κ3) is 3.40. The third-order valence-electron chi connectivity index (χ3n) is 4.17. The molecule has 1 heterocycles. The van der Waals surface area contributed by atoms with E-state index in [0.29, 0.717) is 5.56 Å². The number of halogens is 1. The number of carbonyl (C=O) groups excluding carboxylic acids is 1. The lowest BCUT2D eigenvalue weighted by molar-refractivity contribution is -0.139. The van der Waals surface area contributed by atoms with E-state index in [-0.39, 0.29) is 35.0 Å². The van der Waals surface area contributed by atoms with E-state index in [2.05, 4.69) is 6.07 Å². The highest BCUT2D eigenvalue weighted by molar-refractivity contribution is 5.94. The molecular weight excluding hydrogens is 347 g/mol. The molecular formula is C21H17FN2O3. The standard InChI is InChI=1S/C21H17FN2O3/c1-2-26-21(25)18-17(14-10-6-7-11-16(14)22)15(12-23)19(27-20(18)24)13-8-4-3-5-9-13/h3-11,17H,2,24H2,1H3. The molecule has 0 saturated carbocycles. The van der Waals surface area contributed by atoms with Crippen LogP contribution in [0.1, 0.15) is 24.0 Å². The van der Waals surface area contributed by atoms with E-state index in [0.717, 1.165) is 0 Å². The van der Waals surface area contributed by atoms with Gasteiger partial charge in [-0.2, -0.15) is 5.26 Å². The van der Waals surface area contributed by atoms with Crippen molar-refractivity contribution < 1.29 is 18.7 Å². The largest absolute Gasteiger partial charge is 0.462 e. The zero-order valence-electron chi connectivity index (χ0n) is 14.6. The summed E-state index contributed by atoms with van der Waals surface area (Å²) in [7, 11) is 0. The summed E-state index contributed by atoms with van der Waals surface area (Å²) in [5, 5.41) is 9.84. The molecule has 6 heteroatoms. The van der Waals surface area contributed by atoms with E-state index in [1.807, 2.05) is 6.07 Å². The number of nitrogens with zero attached hydrogens (tertiary/aromatic N) is 1. The second-order valence-corrected chi connectivity index (χ2v) is 5.78. The summed E-state index contributed by atoms with van der Waals surface area (Å²) in [6.45, 7) is 1.75. The molecule has 2 aromatic rings. The molecule has 0 aliphatic carbocycles. The van der Waals surface area contributed by atoms with Gasteiger partial charge < -0.3 is 15.2 Å². The summed E-state index contributed by atoms with van der Waals surface area (Å²) in [6, 6.07) is 16.9. The number of nitriles is 1. The molecule has 1 aliphatic heterocycles. The van der Waals surface area contributed by atoms with E-state index in [9.17, 15) is 14.4 Å². The van der Waals surface area contributed by atoms with Crippen molar-refractivity contribution >= 4 is 11.7 Å². The Morgan fingerprint density at radius 2 is 1.89 bits per heavy atom. The van der Waals surface area contributed by atoms with Gasteiger partial charge in [0.1, 0.15) is 11.4 Å². The van der Waals surface area contributed by atoms with Gasteiger partial charge in [0.2, 0.25) is 5.88 Å². The van der Waals surface area contributed by atoms with Gasteiger partial charge >= 0.3 is 5.97 Å². The molecule has 2 aromatic carbocycles. The summed E-state index contributed by atoms with van der Waals surface area (Å²) >= 11 is 0. The fourth-order valence-electron chi connectivity index (χ4n) is 3.00. The average molecular weight is 364 g/mol. The molecule has 136 valence electrons. The second kappa shape index (κ2) is 7.75. The minimum Gasteiger partial charge on any atom is -0.462 e. The van der Waals surface area contributed by atoms with Crippen LogP contribution in [0, 0.1) is 17.1 Å². The van der Waals surface area contributed by atoms with Crippen LogP contribution in [0.5, 0.6) is 0 Å². The second-order valence-electron chi connectivity index (χ2n) is 5.78. The molecule has 0 radical (unpaired) electrons. The predicted molar refractivity (Wildman–Crippen MR) is 97.0 cm³/mol. The highest BCUT2D eigenvalue weighted by atomic mass is 19.1. The number of rotatable bonds is 4. The maximum absolute atomic E-state index is 14.6. The van der Waals surface area contributed by atoms with Crippen molar-refractivity contribution in [1.82, 2.24) is 0 Å². The Bertz CT molecular complexity index is 974. The highest BCUT2D eigenvalue weighted by Crippen LogP contribution is 2.43. The normalized spacial score (nSPS) is 16.6. The monoisotopic (exact) mass is 364 g/mol. The van der Waals surface area contributed by atoms with Gasteiger partial charge in [-0.05, 0) is 13.0 Å². The summed E-state index contributed by atoms with van der Waals surface area (Å²) in [5.41, 5.74) is 6.77. The zero-order valence-corrected chi connectivity index (χ0v) is 14.6. The number of ether oxygens (including phenoxy) is 2. The van der Waals surface area contributed by atoms with E-state index >= 15 is 0 Å². The van der Waals surface area contributed by atoms with E-state index in [1.54, 1.807) is 37.3 Å². The number of nitrogens with two attached hydrogens (primary N) is 1. The van der Waals surface area contributed by atoms with Gasteiger partial charge in [-0.15, -0.1) is 0 Å². The highest BCUT2D eigenvalue weighted by Gasteiger charge is 2.39. The fraction of sp³-hybridized carbons (Fsp3) is 0.143. The number of hydrogen-bond donors (Lipinski definition) is 1. The van der Waals surface area contributed by atoms with Crippen LogP contribution < -0.4 is 5.73 Å². The van der Waals surface area contributed by atoms with Crippen LogP contribution >= 0.6 is 0 Å². The van der Waals surface area contributed by atoms with Gasteiger partial charge in [-0.25, -0.2) is 9.18 Å². The first-order valence-electron chi connectivity index (χ1n) is 8.37. The molecule has 0 bridgehead atoms. The average Bonchev–Trinajstić information content (AvgIpc) is 2.68. The first kappa shape index (κ1) is 18.2. The lowest BCUT2D eigenvalue weighted by Crippen LogP contribution is -2.27. The van der Waals surface area contributed by atoms with Gasteiger partial charge in [-0.1, -0.05) is 48.5 Å². The van der Waals surface area contributed by atoms with Crippen molar-refractivity contribution in [3.63, 3.8) is 0 Å². The lowest BCUT2D eigenvalue weighted by atomic mass is 9.82. The van der Waals surface area contributed by atoms with Crippen LogP contribution in [0.4, 0.5) is 4.39 Å². The maximum atomic E-state index is 14.6. The van der Waals surface area contributed by atoms with Crippen molar-refractivity contribution in [3.05, 3.63) is 88.6 Å². The minimum absolute atomic E-state index is 0.0850. The molecule has 5 nitrogen and oxygen atoms in total. The number of benzene rings is 2. The molecule has 1 unspecified atom stereocenters. The van der Waals surface area contributed by atoms with Crippen LogP contribution in [-0.4, -0.2) is 12.6 Å². The Labute approximate surface area is 156 Å². The van der Waals surface area contributed by atoms with Crippen LogP contribution in [0.15, 0.2) is 71.6 Å². The number of hydrogen-bond acceptors (Lipinski definition) is 5. The molecule has 1 aliphatic rings. The number of esters is 1. The van der Waals surface area contributed by atoms with Gasteiger partial charge in [-0.3, -0.25) is 0 Å². The van der Waals surface area contributed by atoms with Gasteiger partial charge in [0.25, 0.3) is 0 Å². The Morgan fingerprint density at radius 3 is 2.52 bits per heavy atom. The summed E-state index contributed by atoms with van der Waals surface area (Å²) in [6.07, 6.45) is 0. The smallest absolute Gasteiger partial charge is 0.340 e. The third-order valence-corrected chi connectivity index (χ3v) is 4.17. The van der Waals surface area contributed by atoms with Crippen LogP contribution in [0.3, 0.4) is 0 Å². The number of carbonyl (C=O) groups is 1. The summed E-state index contributed by atoms with van der Waals surface area (Å²) in [4.78, 5) is 12.5. The van der Waals surface area contributed by atoms with Crippen molar-refractivity contribution in [2.45, 2.75) is 12.8 Å². The van der Waals surface area contributed by atoms with Crippen LogP contribution in [0.2, 0.25) is 0 Å². The molecule has 3 rings (SSSR count).